The molecule has 0 aliphatic carbocycles. The molecule has 2 aromatic rings. The number of benzene rings is 1. The number of nitrogens with one attached hydrogen (secondary N) is 1. The van der Waals surface area contributed by atoms with Gasteiger partial charge in [0.2, 0.25) is 0 Å². The average molecular weight is 271 g/mol. The molecule has 0 unspecified atom stereocenters. The second kappa shape index (κ2) is 5.73. The number of rotatable bonds is 5. The van der Waals surface area contributed by atoms with Gasteiger partial charge in [-0.2, -0.15) is 0 Å². The van der Waals surface area contributed by atoms with Gasteiger partial charge in [-0.3, -0.25) is 4.90 Å². The molecular formula is C15H21N5. The lowest BCUT2D eigenvalue weighted by Gasteiger charge is -2.37. The molecule has 1 aromatic heterocycles. The van der Waals surface area contributed by atoms with Gasteiger partial charge in [-0.05, 0) is 25.1 Å². The zero-order valence-electron chi connectivity index (χ0n) is 11.8. The molecule has 1 aliphatic rings. The van der Waals surface area contributed by atoms with Crippen LogP contribution in [0.4, 0.5) is 5.82 Å². The Bertz CT molecular complexity index is 594. The van der Waals surface area contributed by atoms with E-state index in [0.717, 1.165) is 49.3 Å². The third-order valence-corrected chi connectivity index (χ3v) is 3.81. The van der Waals surface area contributed by atoms with Gasteiger partial charge in [-0.25, -0.2) is 9.97 Å². The van der Waals surface area contributed by atoms with E-state index in [9.17, 15) is 0 Å². The summed E-state index contributed by atoms with van der Waals surface area (Å²) < 4.78 is 0. The van der Waals surface area contributed by atoms with Gasteiger partial charge in [0.1, 0.15) is 11.6 Å². The van der Waals surface area contributed by atoms with Crippen molar-refractivity contribution < 1.29 is 0 Å². The summed E-state index contributed by atoms with van der Waals surface area (Å²) in [5.41, 5.74) is 6.98. The number of hydrogen-bond acceptors (Lipinski definition) is 5. The Morgan fingerprint density at radius 2 is 2.10 bits per heavy atom. The Hall–Kier alpha value is -1.72. The minimum absolute atomic E-state index is 0.578. The fourth-order valence-corrected chi connectivity index (χ4v) is 2.61. The Balaban J connectivity index is 1.85. The molecule has 3 N–H and O–H groups in total. The summed E-state index contributed by atoms with van der Waals surface area (Å²) in [6.07, 6.45) is 1.14. The first-order chi connectivity index (χ1) is 9.78. The third-order valence-electron chi connectivity index (χ3n) is 3.81. The predicted molar refractivity (Wildman–Crippen MR) is 81.3 cm³/mol. The van der Waals surface area contributed by atoms with Crippen LogP contribution in [0.2, 0.25) is 0 Å². The van der Waals surface area contributed by atoms with Crippen LogP contribution in [0.5, 0.6) is 0 Å². The number of anilines is 1. The van der Waals surface area contributed by atoms with Crippen LogP contribution in [0.1, 0.15) is 19.2 Å². The minimum Gasteiger partial charge on any atom is -0.383 e. The number of aromatic nitrogens is 2. The molecular weight excluding hydrogens is 250 g/mol. The second-order valence-electron chi connectivity index (χ2n) is 5.32. The van der Waals surface area contributed by atoms with Crippen LogP contribution in [0, 0.1) is 0 Å². The Labute approximate surface area is 119 Å². The molecule has 0 saturated carbocycles. The molecule has 20 heavy (non-hydrogen) atoms. The van der Waals surface area contributed by atoms with Crippen LogP contribution < -0.4 is 11.1 Å². The van der Waals surface area contributed by atoms with Crippen molar-refractivity contribution in [3.05, 3.63) is 30.1 Å². The lowest BCUT2D eigenvalue weighted by Crippen LogP contribution is -2.57. The van der Waals surface area contributed by atoms with Crippen molar-refractivity contribution in [2.24, 2.45) is 0 Å². The smallest absolute Gasteiger partial charge is 0.145 e. The van der Waals surface area contributed by atoms with E-state index in [1.54, 1.807) is 0 Å². The van der Waals surface area contributed by atoms with Crippen LogP contribution in [-0.2, 0) is 6.54 Å². The van der Waals surface area contributed by atoms with Crippen LogP contribution in [0.3, 0.4) is 0 Å². The van der Waals surface area contributed by atoms with Crippen LogP contribution in [0.25, 0.3) is 10.9 Å². The highest BCUT2D eigenvalue weighted by Gasteiger charge is 2.24. The van der Waals surface area contributed by atoms with Crippen molar-refractivity contribution in [1.29, 1.82) is 0 Å². The zero-order chi connectivity index (χ0) is 13.9. The number of hydrogen-bond donors (Lipinski definition) is 2. The van der Waals surface area contributed by atoms with E-state index >= 15 is 0 Å². The number of nitrogens with zero attached hydrogens (tertiary/aromatic N) is 3. The standard InChI is InChI=1S/C15H21N5/c1-2-7-20(11-8-17-9-11)10-14-18-13-6-4-3-5-12(13)15(16)19-14/h3-6,11,17H,2,7-10H2,1H3,(H2,16,18,19). The zero-order valence-corrected chi connectivity index (χ0v) is 11.8. The first kappa shape index (κ1) is 13.3. The lowest BCUT2D eigenvalue weighted by molar-refractivity contribution is 0.134. The molecule has 2 heterocycles. The van der Waals surface area contributed by atoms with Crippen LogP contribution >= 0.6 is 0 Å². The molecule has 5 heteroatoms. The number of nitrogen functional groups attached to an aromatic ring is 1. The highest BCUT2D eigenvalue weighted by atomic mass is 15.2. The van der Waals surface area contributed by atoms with Gasteiger partial charge < -0.3 is 11.1 Å². The topological polar surface area (TPSA) is 67.1 Å². The summed E-state index contributed by atoms with van der Waals surface area (Å²) in [7, 11) is 0. The molecule has 0 bridgehead atoms. The molecule has 1 aliphatic heterocycles. The fourth-order valence-electron chi connectivity index (χ4n) is 2.61. The maximum atomic E-state index is 6.05. The molecule has 5 nitrogen and oxygen atoms in total. The quantitative estimate of drug-likeness (QED) is 0.860. The molecule has 1 fully saturated rings. The predicted octanol–water partition coefficient (Wildman–Crippen LogP) is 1.40. The van der Waals surface area contributed by atoms with Gasteiger partial charge in [0.05, 0.1) is 12.1 Å². The van der Waals surface area contributed by atoms with Gasteiger partial charge in [-0.1, -0.05) is 19.1 Å². The van der Waals surface area contributed by atoms with Gasteiger partial charge in [0, 0.05) is 24.5 Å². The number of nitrogens with two attached hydrogens (primary N) is 1. The largest absolute Gasteiger partial charge is 0.383 e. The average Bonchev–Trinajstić information content (AvgIpc) is 2.37. The summed E-state index contributed by atoms with van der Waals surface area (Å²) in [6, 6.07) is 8.51. The summed E-state index contributed by atoms with van der Waals surface area (Å²) in [6.45, 7) is 6.17. The van der Waals surface area contributed by atoms with Crippen molar-refractivity contribution in [3.8, 4) is 0 Å². The van der Waals surface area contributed by atoms with Crippen LogP contribution in [-0.4, -0.2) is 40.5 Å². The normalized spacial score (nSPS) is 15.7. The molecule has 0 atom stereocenters. The van der Waals surface area contributed by atoms with Crippen molar-refractivity contribution in [2.45, 2.75) is 25.9 Å². The van der Waals surface area contributed by atoms with Crippen molar-refractivity contribution in [2.75, 3.05) is 25.4 Å². The van der Waals surface area contributed by atoms with Gasteiger partial charge in [0.15, 0.2) is 0 Å². The van der Waals surface area contributed by atoms with E-state index in [4.69, 9.17) is 5.73 Å². The molecule has 0 radical (unpaired) electrons. The summed E-state index contributed by atoms with van der Waals surface area (Å²) >= 11 is 0. The highest BCUT2D eigenvalue weighted by molar-refractivity contribution is 5.87. The van der Waals surface area contributed by atoms with E-state index in [-0.39, 0.29) is 0 Å². The monoisotopic (exact) mass is 271 g/mol. The van der Waals surface area contributed by atoms with Gasteiger partial charge in [-0.15, -0.1) is 0 Å². The van der Waals surface area contributed by atoms with E-state index in [2.05, 4.69) is 27.1 Å². The SMILES string of the molecule is CCCN(Cc1nc(N)c2ccccc2n1)C1CNC1. The maximum absolute atomic E-state index is 6.05. The third kappa shape index (κ3) is 2.59. The second-order valence-corrected chi connectivity index (χ2v) is 5.32. The lowest BCUT2D eigenvalue weighted by atomic mass is 10.1. The molecule has 1 aromatic carbocycles. The fraction of sp³-hybridized carbons (Fsp3) is 0.467. The van der Waals surface area contributed by atoms with Crippen molar-refractivity contribution in [3.63, 3.8) is 0 Å². The van der Waals surface area contributed by atoms with Gasteiger partial charge in [0.25, 0.3) is 0 Å². The molecule has 0 spiro atoms. The van der Waals surface area contributed by atoms with Crippen molar-refractivity contribution >= 4 is 16.7 Å². The molecule has 3 rings (SSSR count). The van der Waals surface area contributed by atoms with E-state index < -0.39 is 0 Å². The first-order valence-electron chi connectivity index (χ1n) is 7.24. The Morgan fingerprint density at radius 3 is 2.80 bits per heavy atom. The Kier molecular flexibility index (Phi) is 3.80. The van der Waals surface area contributed by atoms with Crippen LogP contribution in [0.15, 0.2) is 24.3 Å². The molecule has 1 saturated heterocycles. The van der Waals surface area contributed by atoms with E-state index in [0.29, 0.717) is 11.9 Å². The van der Waals surface area contributed by atoms with Crippen molar-refractivity contribution in [1.82, 2.24) is 20.2 Å². The summed E-state index contributed by atoms with van der Waals surface area (Å²) in [4.78, 5) is 11.6. The first-order valence-corrected chi connectivity index (χ1v) is 7.24. The molecule has 106 valence electrons. The highest BCUT2D eigenvalue weighted by Crippen LogP contribution is 2.18. The minimum atomic E-state index is 0.578. The van der Waals surface area contributed by atoms with Gasteiger partial charge >= 0.3 is 0 Å². The van der Waals surface area contributed by atoms with E-state index in [1.807, 2.05) is 24.3 Å². The number of para-hydroxylation sites is 1. The van der Waals surface area contributed by atoms with E-state index in [1.165, 1.54) is 0 Å². The maximum Gasteiger partial charge on any atom is 0.145 e. The summed E-state index contributed by atoms with van der Waals surface area (Å²) in [5, 5.41) is 4.25. The number of fused-ring (bicyclic) bond motifs is 1. The molecule has 0 amide bonds. The summed E-state index contributed by atoms with van der Waals surface area (Å²) in [5.74, 6) is 1.40. The Morgan fingerprint density at radius 1 is 1.30 bits per heavy atom.